The summed E-state index contributed by atoms with van der Waals surface area (Å²) in [6.45, 7) is 5.83. The maximum absolute atomic E-state index is 11.4. The van der Waals surface area contributed by atoms with Crippen LogP contribution >= 0.6 is 0 Å². The number of nitrogens with one attached hydrogen (secondary N) is 1. The zero-order valence-electron chi connectivity index (χ0n) is 13.3. The van der Waals surface area contributed by atoms with E-state index in [4.69, 9.17) is 14.7 Å². The van der Waals surface area contributed by atoms with E-state index in [0.29, 0.717) is 24.3 Å². The van der Waals surface area contributed by atoms with E-state index >= 15 is 0 Å². The maximum Gasteiger partial charge on any atom is 0.407 e. The van der Waals surface area contributed by atoms with E-state index in [1.54, 1.807) is 18.2 Å². The topological polar surface area (TPSA) is 71.3 Å². The molecule has 0 aliphatic heterocycles. The molecule has 0 atom stereocenters. The van der Waals surface area contributed by atoms with Gasteiger partial charge in [0.25, 0.3) is 0 Å². The van der Waals surface area contributed by atoms with Crippen molar-refractivity contribution in [2.75, 3.05) is 13.7 Å². The third-order valence-corrected chi connectivity index (χ3v) is 2.47. The Morgan fingerprint density at radius 1 is 1.36 bits per heavy atom. The molecule has 0 spiro atoms. The van der Waals surface area contributed by atoms with E-state index in [1.807, 2.05) is 20.8 Å². The largest absolute Gasteiger partial charge is 0.495 e. The van der Waals surface area contributed by atoms with Gasteiger partial charge in [0.15, 0.2) is 0 Å². The Labute approximate surface area is 131 Å². The second kappa shape index (κ2) is 7.95. The van der Waals surface area contributed by atoms with Crippen molar-refractivity contribution in [1.82, 2.24) is 5.32 Å². The standard InChI is InChI=1S/C17H20N2O3/c1-17(2,3)22-16(20)19-10-6-5-7-13-8-9-15(21-4)14(11-13)12-18/h8-9,11H,6,10H2,1-4H3,(H,19,20). The predicted molar refractivity (Wildman–Crippen MR) is 83.4 cm³/mol. The Morgan fingerprint density at radius 3 is 2.68 bits per heavy atom. The molecule has 0 aromatic heterocycles. The fraction of sp³-hybridized carbons (Fsp3) is 0.412. The van der Waals surface area contributed by atoms with Crippen LogP contribution in [0.1, 0.15) is 38.3 Å². The van der Waals surface area contributed by atoms with E-state index in [-0.39, 0.29) is 0 Å². The number of carbonyl (C=O) groups excluding carboxylic acids is 1. The first kappa shape index (κ1) is 17.4. The summed E-state index contributed by atoms with van der Waals surface area (Å²) in [4.78, 5) is 11.4. The predicted octanol–water partition coefficient (Wildman–Crippen LogP) is 2.83. The minimum absolute atomic E-state index is 0.406. The Morgan fingerprint density at radius 2 is 2.09 bits per heavy atom. The number of methoxy groups -OCH3 is 1. The molecule has 1 rings (SSSR count). The molecule has 0 unspecified atom stereocenters. The quantitative estimate of drug-likeness (QED) is 0.688. The van der Waals surface area contributed by atoms with E-state index in [1.165, 1.54) is 7.11 Å². The Balaban J connectivity index is 2.49. The fourth-order valence-corrected chi connectivity index (χ4v) is 1.58. The Hall–Kier alpha value is -2.66. The van der Waals surface area contributed by atoms with Gasteiger partial charge in [-0.05, 0) is 39.0 Å². The van der Waals surface area contributed by atoms with Crippen LogP contribution in [0.2, 0.25) is 0 Å². The molecule has 0 saturated heterocycles. The molecule has 0 aliphatic carbocycles. The number of amides is 1. The lowest BCUT2D eigenvalue weighted by Crippen LogP contribution is -2.32. The number of alkyl carbamates (subject to hydrolysis) is 1. The van der Waals surface area contributed by atoms with Gasteiger partial charge < -0.3 is 14.8 Å². The molecule has 0 fully saturated rings. The molecule has 1 aromatic rings. The molecule has 116 valence electrons. The number of carbonyl (C=O) groups is 1. The maximum atomic E-state index is 11.4. The van der Waals surface area contributed by atoms with Crippen molar-refractivity contribution in [2.24, 2.45) is 0 Å². The molecule has 0 radical (unpaired) electrons. The summed E-state index contributed by atoms with van der Waals surface area (Å²) in [7, 11) is 1.52. The number of hydrogen-bond donors (Lipinski definition) is 1. The lowest BCUT2D eigenvalue weighted by molar-refractivity contribution is 0.0529. The number of hydrogen-bond acceptors (Lipinski definition) is 4. The zero-order valence-corrected chi connectivity index (χ0v) is 13.3. The average molecular weight is 300 g/mol. The zero-order chi connectivity index (χ0) is 16.6. The van der Waals surface area contributed by atoms with Crippen LogP contribution in [-0.2, 0) is 4.74 Å². The third kappa shape index (κ3) is 6.19. The first-order valence-corrected chi connectivity index (χ1v) is 6.89. The summed E-state index contributed by atoms with van der Waals surface area (Å²) in [6, 6.07) is 7.23. The molecule has 0 aliphatic rings. The molecule has 5 nitrogen and oxygen atoms in total. The van der Waals surface area contributed by atoms with Crippen LogP contribution in [-0.4, -0.2) is 25.3 Å². The van der Waals surface area contributed by atoms with Crippen molar-refractivity contribution in [3.8, 4) is 23.7 Å². The molecular formula is C17H20N2O3. The van der Waals surface area contributed by atoms with Gasteiger partial charge in [-0.2, -0.15) is 5.26 Å². The molecule has 1 N–H and O–H groups in total. The highest BCUT2D eigenvalue weighted by Crippen LogP contribution is 2.18. The van der Waals surface area contributed by atoms with Crippen LogP contribution in [0.5, 0.6) is 5.75 Å². The minimum Gasteiger partial charge on any atom is -0.495 e. The highest BCUT2D eigenvalue weighted by atomic mass is 16.6. The SMILES string of the molecule is COc1ccc(C#CCCNC(=O)OC(C)(C)C)cc1C#N. The number of benzene rings is 1. The first-order valence-electron chi connectivity index (χ1n) is 6.89. The lowest BCUT2D eigenvalue weighted by atomic mass is 10.1. The minimum atomic E-state index is -0.507. The molecule has 1 amide bonds. The van der Waals surface area contributed by atoms with Crippen LogP contribution in [0.4, 0.5) is 4.79 Å². The molecule has 0 saturated carbocycles. The molecule has 5 heteroatoms. The number of nitrogens with zero attached hydrogens (tertiary/aromatic N) is 1. The van der Waals surface area contributed by atoms with Gasteiger partial charge in [-0.3, -0.25) is 0 Å². The number of ether oxygens (including phenoxy) is 2. The molecular weight excluding hydrogens is 280 g/mol. The van der Waals surface area contributed by atoms with Gasteiger partial charge in [-0.25, -0.2) is 4.79 Å². The third-order valence-electron chi connectivity index (χ3n) is 2.47. The van der Waals surface area contributed by atoms with Crippen molar-refractivity contribution in [2.45, 2.75) is 32.8 Å². The van der Waals surface area contributed by atoms with Crippen molar-refractivity contribution in [1.29, 1.82) is 5.26 Å². The van der Waals surface area contributed by atoms with Crippen molar-refractivity contribution in [3.63, 3.8) is 0 Å². The second-order valence-electron chi connectivity index (χ2n) is 5.51. The van der Waals surface area contributed by atoms with Crippen molar-refractivity contribution >= 4 is 6.09 Å². The summed E-state index contributed by atoms with van der Waals surface area (Å²) in [5.74, 6) is 6.41. The van der Waals surface area contributed by atoms with Crippen molar-refractivity contribution < 1.29 is 14.3 Å². The fourth-order valence-electron chi connectivity index (χ4n) is 1.58. The monoisotopic (exact) mass is 300 g/mol. The van der Waals surface area contributed by atoms with Crippen molar-refractivity contribution in [3.05, 3.63) is 29.3 Å². The molecule has 0 heterocycles. The van der Waals surface area contributed by atoms with E-state index in [0.717, 1.165) is 5.56 Å². The van der Waals surface area contributed by atoms with E-state index in [9.17, 15) is 4.79 Å². The first-order chi connectivity index (χ1) is 10.4. The van der Waals surface area contributed by atoms with Gasteiger partial charge in [-0.15, -0.1) is 0 Å². The molecule has 1 aromatic carbocycles. The van der Waals surface area contributed by atoms with Gasteiger partial charge in [0, 0.05) is 18.5 Å². The van der Waals surface area contributed by atoms with E-state index < -0.39 is 11.7 Å². The van der Waals surface area contributed by atoms with E-state index in [2.05, 4.69) is 23.2 Å². The lowest BCUT2D eigenvalue weighted by Gasteiger charge is -2.19. The molecule has 22 heavy (non-hydrogen) atoms. The summed E-state index contributed by atoms with van der Waals surface area (Å²) in [5.41, 5.74) is 0.669. The van der Waals surface area contributed by atoms with Gasteiger partial charge in [0.1, 0.15) is 17.4 Å². The number of rotatable bonds is 3. The highest BCUT2D eigenvalue weighted by molar-refractivity contribution is 5.67. The Bertz CT molecular complexity index is 628. The summed E-state index contributed by atoms with van der Waals surface area (Å²) >= 11 is 0. The van der Waals surface area contributed by atoms with Gasteiger partial charge in [0.2, 0.25) is 0 Å². The smallest absolute Gasteiger partial charge is 0.407 e. The highest BCUT2D eigenvalue weighted by Gasteiger charge is 2.15. The second-order valence-corrected chi connectivity index (χ2v) is 5.51. The van der Waals surface area contributed by atoms with Crippen LogP contribution in [0.3, 0.4) is 0 Å². The van der Waals surface area contributed by atoms with Gasteiger partial charge in [-0.1, -0.05) is 11.8 Å². The Kier molecular flexibility index (Phi) is 6.28. The van der Waals surface area contributed by atoms with Crippen LogP contribution in [0.15, 0.2) is 18.2 Å². The van der Waals surface area contributed by atoms with Gasteiger partial charge in [0.05, 0.1) is 12.7 Å². The van der Waals surface area contributed by atoms with Crippen LogP contribution < -0.4 is 10.1 Å². The molecule has 0 bridgehead atoms. The summed E-state index contributed by atoms with van der Waals surface area (Å²) < 4.78 is 10.2. The van der Waals surface area contributed by atoms with Crippen LogP contribution in [0, 0.1) is 23.2 Å². The summed E-state index contributed by atoms with van der Waals surface area (Å²) in [6.07, 6.45) is 0.0400. The van der Waals surface area contributed by atoms with Crippen LogP contribution in [0.25, 0.3) is 0 Å². The normalized spacial score (nSPS) is 9.95. The summed E-state index contributed by atoms with van der Waals surface area (Å²) in [5, 5.41) is 11.6. The number of nitriles is 1. The average Bonchev–Trinajstić information content (AvgIpc) is 2.44. The van der Waals surface area contributed by atoms with Gasteiger partial charge >= 0.3 is 6.09 Å².